The molecule has 0 heterocycles. The average molecular weight is 463 g/mol. The first-order valence-corrected chi connectivity index (χ1v) is 13.2. The van der Waals surface area contributed by atoms with E-state index < -0.39 is 44.1 Å². The lowest BCUT2D eigenvalue weighted by atomic mass is 9.92. The van der Waals surface area contributed by atoms with Gasteiger partial charge in [-0.2, -0.15) is 0 Å². The van der Waals surface area contributed by atoms with Gasteiger partial charge in [0.15, 0.2) is 0 Å². The molecule has 0 aromatic rings. The van der Waals surface area contributed by atoms with Gasteiger partial charge in [-0.05, 0) is 12.3 Å². The monoisotopic (exact) mass is 462 g/mol. The lowest BCUT2D eigenvalue weighted by Crippen LogP contribution is -2.42. The highest BCUT2D eigenvalue weighted by atomic mass is 16.5. The first-order valence-electron chi connectivity index (χ1n) is 13.2. The molecule has 0 bridgehead atoms. The van der Waals surface area contributed by atoms with E-state index in [-0.39, 0.29) is 6.61 Å². The van der Waals surface area contributed by atoms with Crippen LogP contribution in [0.3, 0.4) is 0 Å². The van der Waals surface area contributed by atoms with Gasteiger partial charge in [0.2, 0.25) is 0 Å². The van der Waals surface area contributed by atoms with Crippen LogP contribution in [0.1, 0.15) is 110 Å². The standard InChI is InChI=1S/C26H54O6/c1-23(2)16-14-12-10-8-6-4-3-5-7-9-11-13-15-17-25(24(31)18-27)32-22-26(19-28,20-29)21-30/h23-25,27-31H,3-22H2,1-2H3. The molecule has 2 atom stereocenters. The Bertz CT molecular complexity index is 378. The van der Waals surface area contributed by atoms with Crippen LogP contribution in [0.25, 0.3) is 0 Å². The van der Waals surface area contributed by atoms with Gasteiger partial charge in [0, 0.05) is 0 Å². The van der Waals surface area contributed by atoms with Crippen molar-refractivity contribution in [3.8, 4) is 0 Å². The molecule has 0 spiro atoms. The fraction of sp³-hybridized carbons (Fsp3) is 1.00. The molecule has 194 valence electrons. The Kier molecular flexibility index (Phi) is 21.1. The third kappa shape index (κ3) is 16.4. The summed E-state index contributed by atoms with van der Waals surface area (Å²) in [5, 5.41) is 47.5. The highest BCUT2D eigenvalue weighted by Crippen LogP contribution is 2.20. The normalized spacial score (nSPS) is 14.2. The predicted octanol–water partition coefficient (Wildman–Crippen LogP) is 4.20. The van der Waals surface area contributed by atoms with Crippen LogP contribution in [0, 0.1) is 11.3 Å². The van der Waals surface area contributed by atoms with E-state index in [4.69, 9.17) is 4.74 Å². The lowest BCUT2D eigenvalue weighted by Gasteiger charge is -2.31. The van der Waals surface area contributed by atoms with Gasteiger partial charge in [-0.25, -0.2) is 0 Å². The third-order valence-corrected chi connectivity index (χ3v) is 6.50. The molecule has 0 aliphatic carbocycles. The van der Waals surface area contributed by atoms with Gasteiger partial charge in [-0.3, -0.25) is 0 Å². The summed E-state index contributed by atoms with van der Waals surface area (Å²) in [5.74, 6) is 0.841. The Morgan fingerprint density at radius 3 is 1.31 bits per heavy atom. The summed E-state index contributed by atoms with van der Waals surface area (Å²) >= 11 is 0. The highest BCUT2D eigenvalue weighted by molar-refractivity contribution is 4.78. The zero-order valence-electron chi connectivity index (χ0n) is 21.0. The summed E-state index contributed by atoms with van der Waals surface area (Å²) in [6.45, 7) is 2.94. The van der Waals surface area contributed by atoms with Crippen molar-refractivity contribution in [3.05, 3.63) is 0 Å². The topological polar surface area (TPSA) is 110 Å². The van der Waals surface area contributed by atoms with Crippen LogP contribution in [0.15, 0.2) is 0 Å². The molecule has 6 heteroatoms. The minimum absolute atomic E-state index is 0.0594. The number of rotatable bonds is 24. The summed E-state index contributed by atoms with van der Waals surface area (Å²) in [5.41, 5.74) is -1.12. The average Bonchev–Trinajstić information content (AvgIpc) is 2.80. The zero-order valence-corrected chi connectivity index (χ0v) is 21.0. The van der Waals surface area contributed by atoms with E-state index in [2.05, 4.69) is 13.8 Å². The maximum absolute atomic E-state index is 10.00. The third-order valence-electron chi connectivity index (χ3n) is 6.50. The van der Waals surface area contributed by atoms with Crippen molar-refractivity contribution in [2.45, 2.75) is 122 Å². The van der Waals surface area contributed by atoms with E-state index in [1.807, 2.05) is 0 Å². The van der Waals surface area contributed by atoms with Crippen molar-refractivity contribution in [1.82, 2.24) is 0 Å². The Hall–Kier alpha value is -0.240. The van der Waals surface area contributed by atoms with E-state index in [0.29, 0.717) is 6.42 Å². The molecule has 5 N–H and O–H groups in total. The van der Waals surface area contributed by atoms with Gasteiger partial charge in [0.25, 0.3) is 0 Å². The van der Waals surface area contributed by atoms with E-state index >= 15 is 0 Å². The SMILES string of the molecule is CC(C)CCCCCCCCCCCCCCCC(OCC(CO)(CO)CO)C(O)CO. The molecule has 0 amide bonds. The quantitative estimate of drug-likeness (QED) is 0.138. The van der Waals surface area contributed by atoms with Gasteiger partial charge >= 0.3 is 0 Å². The second-order valence-corrected chi connectivity index (χ2v) is 10.1. The number of hydrogen-bond donors (Lipinski definition) is 5. The number of unbranched alkanes of at least 4 members (excludes halogenated alkanes) is 12. The summed E-state index contributed by atoms with van der Waals surface area (Å²) in [6, 6.07) is 0. The number of hydrogen-bond acceptors (Lipinski definition) is 6. The molecule has 0 saturated heterocycles. The van der Waals surface area contributed by atoms with E-state index in [9.17, 15) is 25.5 Å². The largest absolute Gasteiger partial charge is 0.396 e. The molecule has 0 aliphatic rings. The highest BCUT2D eigenvalue weighted by Gasteiger charge is 2.31. The summed E-state index contributed by atoms with van der Waals surface area (Å²) in [4.78, 5) is 0. The van der Waals surface area contributed by atoms with Crippen molar-refractivity contribution in [3.63, 3.8) is 0 Å². The molecule has 0 saturated carbocycles. The van der Waals surface area contributed by atoms with Gasteiger partial charge in [0.05, 0.1) is 44.6 Å². The second kappa shape index (κ2) is 21.3. The first kappa shape index (κ1) is 31.8. The molecular weight excluding hydrogens is 408 g/mol. The van der Waals surface area contributed by atoms with Crippen molar-refractivity contribution in [1.29, 1.82) is 0 Å². The Labute approximate surface area is 197 Å². The summed E-state index contributed by atoms with van der Waals surface area (Å²) in [6.07, 6.45) is 17.0. The fourth-order valence-electron chi connectivity index (χ4n) is 3.92. The van der Waals surface area contributed by atoms with Crippen LogP contribution in [0.5, 0.6) is 0 Å². The molecule has 0 rings (SSSR count). The van der Waals surface area contributed by atoms with Gasteiger partial charge < -0.3 is 30.3 Å². The van der Waals surface area contributed by atoms with Crippen LogP contribution < -0.4 is 0 Å². The number of aliphatic hydroxyl groups is 5. The smallest absolute Gasteiger partial charge is 0.103 e. The Morgan fingerprint density at radius 1 is 0.594 bits per heavy atom. The van der Waals surface area contributed by atoms with Crippen LogP contribution in [-0.2, 0) is 4.74 Å². The molecule has 0 aliphatic heterocycles. The van der Waals surface area contributed by atoms with Crippen molar-refractivity contribution in [2.75, 3.05) is 33.0 Å². The van der Waals surface area contributed by atoms with Gasteiger partial charge in [0.1, 0.15) is 6.10 Å². The van der Waals surface area contributed by atoms with Crippen LogP contribution >= 0.6 is 0 Å². The Balaban J connectivity index is 3.72. The molecule has 0 fully saturated rings. The minimum Gasteiger partial charge on any atom is -0.396 e. The van der Waals surface area contributed by atoms with Crippen LogP contribution in [0.2, 0.25) is 0 Å². The van der Waals surface area contributed by atoms with Crippen LogP contribution in [-0.4, -0.2) is 70.8 Å². The molecule has 0 aromatic carbocycles. The molecular formula is C26H54O6. The summed E-state index contributed by atoms with van der Waals surface area (Å²) < 4.78 is 5.67. The minimum atomic E-state index is -1.12. The van der Waals surface area contributed by atoms with E-state index in [0.717, 1.165) is 25.2 Å². The Morgan fingerprint density at radius 2 is 0.969 bits per heavy atom. The zero-order chi connectivity index (χ0) is 24.1. The number of ether oxygens (including phenoxy) is 1. The molecule has 2 unspecified atom stereocenters. The van der Waals surface area contributed by atoms with E-state index in [1.54, 1.807) is 0 Å². The fourth-order valence-corrected chi connectivity index (χ4v) is 3.92. The van der Waals surface area contributed by atoms with Gasteiger partial charge in [-0.1, -0.05) is 104 Å². The first-order chi connectivity index (χ1) is 15.4. The van der Waals surface area contributed by atoms with Crippen molar-refractivity contribution >= 4 is 0 Å². The second-order valence-electron chi connectivity index (χ2n) is 10.1. The molecule has 6 nitrogen and oxygen atoms in total. The molecule has 0 aromatic heterocycles. The molecule has 0 radical (unpaired) electrons. The van der Waals surface area contributed by atoms with Crippen molar-refractivity contribution < 1.29 is 30.3 Å². The maximum atomic E-state index is 10.00. The number of aliphatic hydroxyl groups excluding tert-OH is 5. The maximum Gasteiger partial charge on any atom is 0.103 e. The lowest BCUT2D eigenvalue weighted by molar-refractivity contribution is -0.118. The van der Waals surface area contributed by atoms with Crippen LogP contribution in [0.4, 0.5) is 0 Å². The van der Waals surface area contributed by atoms with E-state index in [1.165, 1.54) is 70.6 Å². The molecule has 32 heavy (non-hydrogen) atoms. The predicted molar refractivity (Wildman–Crippen MR) is 131 cm³/mol. The summed E-state index contributed by atoms with van der Waals surface area (Å²) in [7, 11) is 0. The van der Waals surface area contributed by atoms with Gasteiger partial charge in [-0.15, -0.1) is 0 Å². The van der Waals surface area contributed by atoms with Crippen molar-refractivity contribution in [2.24, 2.45) is 11.3 Å².